The molecule has 0 radical (unpaired) electrons. The highest BCUT2D eigenvalue weighted by atomic mass is 32.3. The summed E-state index contributed by atoms with van der Waals surface area (Å²) in [6, 6.07) is 14.1. The number of carbonyl (C=O) groups is 3. The summed E-state index contributed by atoms with van der Waals surface area (Å²) < 4.78 is 55.6. The fraction of sp³-hybridized carbons (Fsp3) is 0.261. The van der Waals surface area contributed by atoms with Gasteiger partial charge in [0.2, 0.25) is 0 Å². The largest absolute Gasteiger partial charge is 0.497 e. The Bertz CT molecular complexity index is 1320. The van der Waals surface area contributed by atoms with Crippen LogP contribution in [0.25, 0.3) is 0 Å². The van der Waals surface area contributed by atoms with E-state index in [9.17, 15) is 26.7 Å². The fourth-order valence-corrected chi connectivity index (χ4v) is 5.29. The van der Waals surface area contributed by atoms with Gasteiger partial charge in [0.15, 0.2) is 18.1 Å². The molecule has 4 rings (SSSR count). The third-order valence-electron chi connectivity index (χ3n) is 5.29. The van der Waals surface area contributed by atoms with Crippen molar-refractivity contribution in [2.45, 2.75) is 18.0 Å². The minimum Gasteiger partial charge on any atom is -0.497 e. The lowest BCUT2D eigenvalue weighted by atomic mass is 10.0. The lowest BCUT2D eigenvalue weighted by Crippen LogP contribution is -2.71. The van der Waals surface area contributed by atoms with Gasteiger partial charge < -0.3 is 23.7 Å². The number of para-hydroxylation sites is 1. The summed E-state index contributed by atoms with van der Waals surface area (Å²) in [4.78, 5) is 39.0. The number of amides is 2. The van der Waals surface area contributed by atoms with Crippen LogP contribution in [0.4, 0.5) is 3.89 Å². The van der Waals surface area contributed by atoms with E-state index in [-0.39, 0.29) is 19.0 Å². The highest BCUT2D eigenvalue weighted by Crippen LogP contribution is 2.41. The summed E-state index contributed by atoms with van der Waals surface area (Å²) in [6.07, 6.45) is 0. The van der Waals surface area contributed by atoms with Crippen molar-refractivity contribution in [1.82, 2.24) is 10.2 Å². The molecule has 0 saturated carbocycles. The first-order chi connectivity index (χ1) is 17.7. The number of halogens is 1. The van der Waals surface area contributed by atoms with Crippen LogP contribution in [0.3, 0.4) is 0 Å². The molecule has 1 saturated heterocycles. The van der Waals surface area contributed by atoms with E-state index in [0.29, 0.717) is 17.1 Å². The van der Waals surface area contributed by atoms with Crippen molar-refractivity contribution < 1.29 is 45.1 Å². The quantitative estimate of drug-likeness (QED) is 0.263. The summed E-state index contributed by atoms with van der Waals surface area (Å²) in [5.41, 5.74) is 0.0325. The highest BCUT2D eigenvalue weighted by Gasteiger charge is 2.55. The molecule has 2 amide bonds. The average Bonchev–Trinajstić information content (AvgIpc) is 2.89. The van der Waals surface area contributed by atoms with Gasteiger partial charge in [-0.25, -0.2) is 4.79 Å². The van der Waals surface area contributed by atoms with Crippen LogP contribution in [0.1, 0.15) is 5.56 Å². The van der Waals surface area contributed by atoms with E-state index in [0.717, 1.165) is 16.7 Å². The molecule has 1 unspecified atom stereocenters. The first-order valence-corrected chi connectivity index (χ1v) is 13.1. The Hall–Kier alpha value is -3.78. The van der Waals surface area contributed by atoms with Crippen molar-refractivity contribution in [1.29, 1.82) is 0 Å². The van der Waals surface area contributed by atoms with Crippen molar-refractivity contribution in [2.24, 2.45) is 0 Å². The van der Waals surface area contributed by atoms with Crippen LogP contribution in [0.5, 0.6) is 11.5 Å². The first kappa shape index (κ1) is 26.3. The van der Waals surface area contributed by atoms with Gasteiger partial charge in [-0.3, -0.25) is 14.5 Å². The maximum atomic E-state index is 13.3. The Kier molecular flexibility index (Phi) is 7.88. The molecule has 14 heteroatoms. The van der Waals surface area contributed by atoms with Crippen LogP contribution in [-0.4, -0.2) is 62.0 Å². The number of methoxy groups -OCH3 is 1. The molecule has 1 N–H and O–H groups in total. The second-order valence-corrected chi connectivity index (χ2v) is 9.79. The Labute approximate surface area is 215 Å². The molecule has 2 atom stereocenters. The van der Waals surface area contributed by atoms with Crippen molar-refractivity contribution >= 4 is 40.0 Å². The topological polar surface area (TPSA) is 138 Å². The van der Waals surface area contributed by atoms with Crippen molar-refractivity contribution in [3.8, 4) is 11.5 Å². The van der Waals surface area contributed by atoms with Crippen LogP contribution >= 0.6 is 11.8 Å². The minimum absolute atomic E-state index is 0.223. The highest BCUT2D eigenvalue weighted by molar-refractivity contribution is 8.00. The number of hydrogen-bond acceptors (Lipinski definition) is 10. The fourth-order valence-electron chi connectivity index (χ4n) is 3.58. The van der Waals surface area contributed by atoms with Gasteiger partial charge in [0.05, 0.1) is 12.9 Å². The van der Waals surface area contributed by atoms with E-state index in [1.54, 1.807) is 54.6 Å². The van der Waals surface area contributed by atoms with E-state index >= 15 is 0 Å². The molecular formula is C23H21FN2O9S2. The molecule has 196 valence electrons. The molecule has 2 aromatic rings. The number of esters is 1. The van der Waals surface area contributed by atoms with Crippen molar-refractivity contribution in [3.05, 3.63) is 71.6 Å². The number of nitrogens with one attached hydrogen (secondary N) is 1. The van der Waals surface area contributed by atoms with E-state index in [1.165, 1.54) is 7.11 Å². The second-order valence-electron chi connectivity index (χ2n) is 7.73. The van der Waals surface area contributed by atoms with E-state index in [2.05, 4.69) is 9.50 Å². The van der Waals surface area contributed by atoms with E-state index in [4.69, 9.17) is 14.2 Å². The molecule has 11 nitrogen and oxygen atoms in total. The number of fused-ring (bicyclic) bond motifs is 1. The number of benzene rings is 2. The smallest absolute Gasteiger partial charge is 0.488 e. The van der Waals surface area contributed by atoms with E-state index in [1.807, 2.05) is 0 Å². The monoisotopic (exact) mass is 552 g/mol. The number of nitrogens with zero attached hydrogens (tertiary/aromatic N) is 1. The maximum Gasteiger partial charge on any atom is 0.488 e. The molecule has 0 aromatic heterocycles. The van der Waals surface area contributed by atoms with Gasteiger partial charge in [0.1, 0.15) is 29.5 Å². The van der Waals surface area contributed by atoms with Gasteiger partial charge in [0.25, 0.3) is 11.8 Å². The number of ether oxygens (including phenoxy) is 3. The minimum atomic E-state index is -5.48. The summed E-state index contributed by atoms with van der Waals surface area (Å²) in [5.74, 6) is -2.20. The molecule has 0 spiro atoms. The molecular weight excluding hydrogens is 531 g/mol. The normalized spacial score (nSPS) is 18.9. The van der Waals surface area contributed by atoms with Gasteiger partial charge in [-0.05, 0) is 29.8 Å². The predicted octanol–water partition coefficient (Wildman–Crippen LogP) is 1.66. The number of rotatable bonds is 10. The Morgan fingerprint density at radius 2 is 1.81 bits per heavy atom. The third-order valence-corrected chi connectivity index (χ3v) is 6.94. The molecule has 0 aliphatic carbocycles. The van der Waals surface area contributed by atoms with Crippen LogP contribution in [-0.2, 0) is 40.4 Å². The predicted molar refractivity (Wildman–Crippen MR) is 128 cm³/mol. The van der Waals surface area contributed by atoms with Crippen LogP contribution < -0.4 is 14.8 Å². The zero-order valence-electron chi connectivity index (χ0n) is 19.3. The number of thioether (sulfide) groups is 1. The number of β-lactam (4-membered cyclic amide) rings is 1. The Morgan fingerprint density at radius 3 is 2.46 bits per heavy atom. The lowest BCUT2D eigenvalue weighted by Gasteiger charge is -2.48. The summed E-state index contributed by atoms with van der Waals surface area (Å²) in [6.45, 7) is -0.578. The van der Waals surface area contributed by atoms with Crippen molar-refractivity contribution in [2.75, 3.05) is 19.5 Å². The maximum absolute atomic E-state index is 13.3. The molecule has 37 heavy (non-hydrogen) atoms. The lowest BCUT2D eigenvalue weighted by molar-refractivity contribution is -0.154. The molecule has 2 aliphatic rings. The second kappa shape index (κ2) is 11.1. The van der Waals surface area contributed by atoms with E-state index < -0.39 is 51.2 Å². The Balaban J connectivity index is 1.45. The van der Waals surface area contributed by atoms with Crippen LogP contribution in [0.2, 0.25) is 0 Å². The summed E-state index contributed by atoms with van der Waals surface area (Å²) >= 11 is 0.984. The molecule has 2 aliphatic heterocycles. The molecule has 0 bridgehead atoms. The zero-order chi connectivity index (χ0) is 26.6. The Morgan fingerprint density at radius 1 is 1.11 bits per heavy atom. The van der Waals surface area contributed by atoms with Gasteiger partial charge in [-0.1, -0.05) is 34.2 Å². The standard InChI is InChI=1S/C23H21FN2O9S2/c1-32-15-9-7-14(8-10-15)11-34-23(29)20-17(35-37(24,30)31)13-36-22-19(21(28)26(20)22)25-18(27)12-33-16-5-3-2-4-6-16/h2-10,19,22H,11-13H2,1H3,(H,25,27)/t19?,22-/m1/s1. The number of carbonyl (C=O) groups excluding carboxylic acids is 3. The van der Waals surface area contributed by atoms with Crippen LogP contribution in [0.15, 0.2) is 66.1 Å². The SMILES string of the molecule is COc1ccc(COC(=O)C2=C(OS(=O)(=O)F)CS[C@@H]3C(NC(=O)COc4ccccc4)C(=O)N23)cc1. The molecule has 1 fully saturated rings. The van der Waals surface area contributed by atoms with Crippen LogP contribution in [0, 0.1) is 0 Å². The molecule has 2 aromatic carbocycles. The van der Waals surface area contributed by atoms with Gasteiger partial charge in [0, 0.05) is 0 Å². The van der Waals surface area contributed by atoms with Gasteiger partial charge in [-0.15, -0.1) is 11.8 Å². The number of hydrogen-bond donors (Lipinski definition) is 1. The van der Waals surface area contributed by atoms with Gasteiger partial charge >= 0.3 is 16.5 Å². The van der Waals surface area contributed by atoms with Crippen molar-refractivity contribution in [3.63, 3.8) is 0 Å². The third kappa shape index (κ3) is 6.32. The molecule has 2 heterocycles. The summed E-state index contributed by atoms with van der Waals surface area (Å²) in [5, 5.41) is 1.76. The zero-order valence-corrected chi connectivity index (χ0v) is 20.9. The summed E-state index contributed by atoms with van der Waals surface area (Å²) in [7, 11) is -3.99. The van der Waals surface area contributed by atoms with Gasteiger partial charge in [-0.2, -0.15) is 8.42 Å². The average molecular weight is 553 g/mol. The first-order valence-electron chi connectivity index (χ1n) is 10.8.